The molecule has 4 nitrogen and oxygen atoms in total. The van der Waals surface area contributed by atoms with Gasteiger partial charge in [0.2, 0.25) is 0 Å². The summed E-state index contributed by atoms with van der Waals surface area (Å²) in [5.41, 5.74) is 5.90. The van der Waals surface area contributed by atoms with Crippen molar-refractivity contribution in [2.24, 2.45) is 11.7 Å². The molecule has 0 saturated carbocycles. The Labute approximate surface area is 150 Å². The number of aromatic nitrogens is 1. The second kappa shape index (κ2) is 9.06. The molecule has 0 spiro atoms. The third-order valence-electron chi connectivity index (χ3n) is 3.61. The molecule has 1 amide bonds. The fraction of sp³-hybridized carbons (Fsp3) is 0.412. The smallest absolute Gasteiger partial charge is 0.270 e. The second-order valence-electron chi connectivity index (χ2n) is 6.20. The molecule has 0 aliphatic rings. The van der Waals surface area contributed by atoms with Gasteiger partial charge in [-0.15, -0.1) is 24.8 Å². The van der Waals surface area contributed by atoms with E-state index in [1.54, 1.807) is 6.20 Å². The summed E-state index contributed by atoms with van der Waals surface area (Å²) >= 11 is 0. The van der Waals surface area contributed by atoms with Gasteiger partial charge in [-0.25, -0.2) is 0 Å². The lowest BCUT2D eigenvalue weighted by atomic mass is 9.90. The molecule has 2 rings (SSSR count). The highest BCUT2D eigenvalue weighted by atomic mass is 35.5. The number of carbonyl (C=O) groups excluding carboxylic acids is 1. The van der Waals surface area contributed by atoms with Crippen molar-refractivity contribution in [1.29, 1.82) is 0 Å². The first-order chi connectivity index (χ1) is 9.95. The summed E-state index contributed by atoms with van der Waals surface area (Å²) in [7, 11) is 0. The molecule has 0 aliphatic heterocycles. The highest BCUT2D eigenvalue weighted by molar-refractivity contribution is 6.05. The van der Waals surface area contributed by atoms with Crippen molar-refractivity contribution < 1.29 is 4.79 Å². The maximum atomic E-state index is 12.6. The van der Waals surface area contributed by atoms with Crippen molar-refractivity contribution in [2.75, 3.05) is 6.54 Å². The molecule has 2 aromatic rings. The number of pyridine rings is 1. The number of nitrogens with one attached hydrogen (secondary N) is 1. The molecular formula is C17H25Cl2N3O. The Morgan fingerprint density at radius 1 is 1.26 bits per heavy atom. The summed E-state index contributed by atoms with van der Waals surface area (Å²) in [6.07, 6.45) is 2.50. The summed E-state index contributed by atoms with van der Waals surface area (Å²) in [5.74, 6) is 0.291. The van der Waals surface area contributed by atoms with Crippen LogP contribution in [0, 0.1) is 5.92 Å². The van der Waals surface area contributed by atoms with Crippen LogP contribution >= 0.6 is 24.8 Å². The monoisotopic (exact) mass is 357 g/mol. The third-order valence-corrected chi connectivity index (χ3v) is 3.61. The number of nitrogens with zero attached hydrogens (tertiary/aromatic N) is 1. The average molecular weight is 358 g/mol. The van der Waals surface area contributed by atoms with E-state index in [0.29, 0.717) is 18.2 Å². The molecule has 1 aromatic carbocycles. The minimum Gasteiger partial charge on any atom is -0.344 e. The Balaban J connectivity index is 0.00000242. The van der Waals surface area contributed by atoms with E-state index < -0.39 is 5.54 Å². The topological polar surface area (TPSA) is 68.0 Å². The van der Waals surface area contributed by atoms with Crippen LogP contribution in [0.25, 0.3) is 10.8 Å². The zero-order chi connectivity index (χ0) is 15.5. The van der Waals surface area contributed by atoms with Crippen LogP contribution in [0.1, 0.15) is 37.7 Å². The number of benzene rings is 1. The maximum absolute atomic E-state index is 12.6. The van der Waals surface area contributed by atoms with Gasteiger partial charge in [-0.2, -0.15) is 0 Å². The SMILES string of the molecule is CC(C)CC(C)(CN)NC(=O)c1nccc2ccccc12.Cl.Cl. The van der Waals surface area contributed by atoms with Crippen LogP contribution in [0.3, 0.4) is 0 Å². The van der Waals surface area contributed by atoms with Gasteiger partial charge >= 0.3 is 0 Å². The molecule has 128 valence electrons. The van der Waals surface area contributed by atoms with Gasteiger partial charge in [-0.1, -0.05) is 38.1 Å². The number of nitrogens with two attached hydrogens (primary N) is 1. The van der Waals surface area contributed by atoms with Crippen molar-refractivity contribution in [3.05, 3.63) is 42.2 Å². The minimum absolute atomic E-state index is 0. The Morgan fingerprint density at radius 3 is 2.52 bits per heavy atom. The number of halogens is 2. The Bertz CT molecular complexity index is 643. The summed E-state index contributed by atoms with van der Waals surface area (Å²) < 4.78 is 0. The van der Waals surface area contributed by atoms with E-state index in [4.69, 9.17) is 5.73 Å². The maximum Gasteiger partial charge on any atom is 0.270 e. The van der Waals surface area contributed by atoms with Gasteiger partial charge < -0.3 is 11.1 Å². The molecule has 1 heterocycles. The number of hydrogen-bond donors (Lipinski definition) is 2. The van der Waals surface area contributed by atoms with E-state index in [9.17, 15) is 4.79 Å². The molecule has 1 aromatic heterocycles. The fourth-order valence-corrected chi connectivity index (χ4v) is 2.72. The molecule has 6 heteroatoms. The first-order valence-electron chi connectivity index (χ1n) is 7.31. The minimum atomic E-state index is -0.413. The largest absolute Gasteiger partial charge is 0.344 e. The summed E-state index contributed by atoms with van der Waals surface area (Å²) in [6, 6.07) is 9.66. The molecule has 0 aliphatic carbocycles. The number of amides is 1. The molecule has 0 bridgehead atoms. The number of rotatable bonds is 5. The Hall–Kier alpha value is -1.36. The Kier molecular flexibility index (Phi) is 8.53. The van der Waals surface area contributed by atoms with Crippen molar-refractivity contribution in [3.8, 4) is 0 Å². The van der Waals surface area contributed by atoms with Gasteiger partial charge in [0.05, 0.1) is 5.54 Å². The van der Waals surface area contributed by atoms with Crippen molar-refractivity contribution in [3.63, 3.8) is 0 Å². The lowest BCUT2D eigenvalue weighted by Crippen LogP contribution is -2.52. The highest BCUT2D eigenvalue weighted by Crippen LogP contribution is 2.19. The quantitative estimate of drug-likeness (QED) is 0.859. The van der Waals surface area contributed by atoms with Crippen molar-refractivity contribution >= 4 is 41.5 Å². The van der Waals surface area contributed by atoms with E-state index in [-0.39, 0.29) is 30.7 Å². The van der Waals surface area contributed by atoms with Crippen LogP contribution in [0.4, 0.5) is 0 Å². The normalized spacial score (nSPS) is 12.9. The first kappa shape index (κ1) is 21.6. The van der Waals surface area contributed by atoms with Crippen LogP contribution in [0.5, 0.6) is 0 Å². The predicted octanol–water partition coefficient (Wildman–Crippen LogP) is 3.57. The highest BCUT2D eigenvalue weighted by Gasteiger charge is 2.27. The van der Waals surface area contributed by atoms with Crippen LogP contribution in [0.15, 0.2) is 36.5 Å². The fourth-order valence-electron chi connectivity index (χ4n) is 2.72. The van der Waals surface area contributed by atoms with Crippen LogP contribution in [-0.4, -0.2) is 23.0 Å². The van der Waals surface area contributed by atoms with Crippen LogP contribution in [0.2, 0.25) is 0 Å². The molecule has 0 fully saturated rings. The van der Waals surface area contributed by atoms with Gasteiger partial charge in [-0.3, -0.25) is 9.78 Å². The average Bonchev–Trinajstić information content (AvgIpc) is 2.45. The number of carbonyl (C=O) groups is 1. The standard InChI is InChI=1S/C17H23N3O.2ClH/c1-12(2)10-17(3,11-18)20-16(21)15-14-7-5-4-6-13(14)8-9-19-15;;/h4-9,12H,10-11,18H2,1-3H3,(H,20,21);2*1H. The predicted molar refractivity (Wildman–Crippen MR) is 101 cm³/mol. The van der Waals surface area contributed by atoms with E-state index in [2.05, 4.69) is 24.1 Å². The molecular weight excluding hydrogens is 333 g/mol. The first-order valence-corrected chi connectivity index (χ1v) is 7.31. The Morgan fingerprint density at radius 2 is 1.91 bits per heavy atom. The van der Waals surface area contributed by atoms with E-state index in [0.717, 1.165) is 17.2 Å². The number of hydrogen-bond acceptors (Lipinski definition) is 3. The van der Waals surface area contributed by atoms with Gasteiger partial charge in [-0.05, 0) is 30.7 Å². The summed E-state index contributed by atoms with van der Waals surface area (Å²) in [5, 5.41) is 4.93. The van der Waals surface area contributed by atoms with E-state index >= 15 is 0 Å². The van der Waals surface area contributed by atoms with Gasteiger partial charge in [0.25, 0.3) is 5.91 Å². The van der Waals surface area contributed by atoms with Gasteiger partial charge in [0.1, 0.15) is 5.69 Å². The zero-order valence-electron chi connectivity index (χ0n) is 13.7. The van der Waals surface area contributed by atoms with E-state index in [1.165, 1.54) is 0 Å². The molecule has 1 atom stereocenters. The second-order valence-corrected chi connectivity index (χ2v) is 6.20. The summed E-state index contributed by atoms with van der Waals surface area (Å²) in [6.45, 7) is 6.63. The molecule has 23 heavy (non-hydrogen) atoms. The van der Waals surface area contributed by atoms with Crippen molar-refractivity contribution in [1.82, 2.24) is 10.3 Å². The lowest BCUT2D eigenvalue weighted by Gasteiger charge is -2.31. The van der Waals surface area contributed by atoms with Crippen LogP contribution < -0.4 is 11.1 Å². The third kappa shape index (κ3) is 5.34. The van der Waals surface area contributed by atoms with Gasteiger partial charge in [0.15, 0.2) is 0 Å². The number of fused-ring (bicyclic) bond motifs is 1. The van der Waals surface area contributed by atoms with Crippen molar-refractivity contribution in [2.45, 2.75) is 32.7 Å². The lowest BCUT2D eigenvalue weighted by molar-refractivity contribution is 0.0895. The zero-order valence-corrected chi connectivity index (χ0v) is 15.3. The molecule has 0 radical (unpaired) electrons. The summed E-state index contributed by atoms with van der Waals surface area (Å²) in [4.78, 5) is 16.8. The van der Waals surface area contributed by atoms with Gasteiger partial charge in [0, 0.05) is 18.1 Å². The van der Waals surface area contributed by atoms with E-state index in [1.807, 2.05) is 37.3 Å². The molecule has 0 saturated heterocycles. The van der Waals surface area contributed by atoms with Crippen LogP contribution in [-0.2, 0) is 0 Å². The molecule has 1 unspecified atom stereocenters. The molecule has 3 N–H and O–H groups in total.